The van der Waals surface area contributed by atoms with Gasteiger partial charge in [-0.15, -0.1) is 0 Å². The summed E-state index contributed by atoms with van der Waals surface area (Å²) in [6.07, 6.45) is 2.96. The van der Waals surface area contributed by atoms with E-state index < -0.39 is 0 Å². The van der Waals surface area contributed by atoms with Gasteiger partial charge in [-0.3, -0.25) is 0 Å². The number of ether oxygens (including phenoxy) is 2. The van der Waals surface area contributed by atoms with Crippen LogP contribution in [0.5, 0.6) is 5.75 Å². The number of hydrogen-bond donors (Lipinski definition) is 0. The van der Waals surface area contributed by atoms with E-state index in [2.05, 4.69) is 0 Å². The first-order chi connectivity index (χ1) is 7.24. The fourth-order valence-corrected chi connectivity index (χ4v) is 1.55. The molecule has 0 saturated carbocycles. The van der Waals surface area contributed by atoms with Gasteiger partial charge in [-0.05, 0) is 25.5 Å². The van der Waals surface area contributed by atoms with Gasteiger partial charge in [0, 0.05) is 6.42 Å². The van der Waals surface area contributed by atoms with Gasteiger partial charge in [-0.2, -0.15) is 0 Å². The fourth-order valence-electron chi connectivity index (χ4n) is 1.39. The summed E-state index contributed by atoms with van der Waals surface area (Å²) < 4.78 is 10.9. The Hall–Kier alpha value is -1.15. The standard InChI is InChI=1S/C12H13ClO2/c1-9-2-5-11(6-3-9)15-12-7-4-10(13)8-14-12/h2-3,5-6,8,12H,4,7H2,1H3. The van der Waals surface area contributed by atoms with E-state index >= 15 is 0 Å². The van der Waals surface area contributed by atoms with E-state index in [1.165, 1.54) is 5.56 Å². The highest BCUT2D eigenvalue weighted by Gasteiger charge is 2.15. The second-order valence-corrected chi connectivity index (χ2v) is 4.09. The monoisotopic (exact) mass is 224 g/mol. The second kappa shape index (κ2) is 4.58. The molecule has 2 rings (SSSR count). The van der Waals surface area contributed by atoms with Gasteiger partial charge in [0.05, 0.1) is 5.03 Å². The van der Waals surface area contributed by atoms with Crippen molar-refractivity contribution in [1.29, 1.82) is 0 Å². The number of aryl methyl sites for hydroxylation is 1. The molecule has 0 spiro atoms. The molecule has 3 heteroatoms. The molecule has 0 bridgehead atoms. The Kier molecular flexibility index (Phi) is 3.17. The van der Waals surface area contributed by atoms with Gasteiger partial charge < -0.3 is 9.47 Å². The van der Waals surface area contributed by atoms with Gasteiger partial charge in [-0.25, -0.2) is 0 Å². The number of allylic oxidation sites excluding steroid dienone is 1. The van der Waals surface area contributed by atoms with Crippen molar-refractivity contribution in [2.75, 3.05) is 0 Å². The van der Waals surface area contributed by atoms with E-state index in [1.54, 1.807) is 6.26 Å². The highest BCUT2D eigenvalue weighted by Crippen LogP contribution is 2.23. The average Bonchev–Trinajstić information content (AvgIpc) is 2.25. The lowest BCUT2D eigenvalue weighted by Gasteiger charge is -2.21. The third-order valence-corrected chi connectivity index (χ3v) is 2.53. The quantitative estimate of drug-likeness (QED) is 0.764. The third kappa shape index (κ3) is 2.90. The molecule has 0 aromatic heterocycles. The summed E-state index contributed by atoms with van der Waals surface area (Å²) in [4.78, 5) is 0. The number of halogens is 1. The zero-order valence-electron chi connectivity index (χ0n) is 8.57. The van der Waals surface area contributed by atoms with Crippen LogP contribution >= 0.6 is 11.6 Å². The summed E-state index contributed by atoms with van der Waals surface area (Å²) in [5.41, 5.74) is 1.22. The van der Waals surface area contributed by atoms with E-state index in [9.17, 15) is 0 Å². The smallest absolute Gasteiger partial charge is 0.240 e. The van der Waals surface area contributed by atoms with Crippen molar-refractivity contribution in [2.45, 2.75) is 26.1 Å². The molecule has 0 N–H and O–H groups in total. The van der Waals surface area contributed by atoms with Gasteiger partial charge in [0.1, 0.15) is 12.0 Å². The van der Waals surface area contributed by atoms with E-state index in [0.717, 1.165) is 23.6 Å². The minimum absolute atomic E-state index is 0.213. The largest absolute Gasteiger partial charge is 0.461 e. The van der Waals surface area contributed by atoms with Crippen LogP contribution in [0.1, 0.15) is 18.4 Å². The molecule has 0 amide bonds. The summed E-state index contributed by atoms with van der Waals surface area (Å²) >= 11 is 5.79. The van der Waals surface area contributed by atoms with Gasteiger partial charge in [-0.1, -0.05) is 29.3 Å². The molecular weight excluding hydrogens is 212 g/mol. The highest BCUT2D eigenvalue weighted by molar-refractivity contribution is 6.29. The second-order valence-electron chi connectivity index (χ2n) is 3.60. The molecule has 0 radical (unpaired) electrons. The fraction of sp³-hybridized carbons (Fsp3) is 0.333. The lowest BCUT2D eigenvalue weighted by atomic mass is 10.2. The zero-order valence-corrected chi connectivity index (χ0v) is 9.33. The Balaban J connectivity index is 1.95. The van der Waals surface area contributed by atoms with E-state index in [1.807, 2.05) is 31.2 Å². The van der Waals surface area contributed by atoms with Crippen LogP contribution in [0.25, 0.3) is 0 Å². The number of hydrogen-bond acceptors (Lipinski definition) is 2. The van der Waals surface area contributed by atoms with Crippen molar-refractivity contribution >= 4 is 11.6 Å². The van der Waals surface area contributed by atoms with Crippen LogP contribution in [0.15, 0.2) is 35.6 Å². The van der Waals surface area contributed by atoms with Crippen LogP contribution in [-0.2, 0) is 4.74 Å². The maximum absolute atomic E-state index is 5.79. The molecule has 80 valence electrons. The number of rotatable bonds is 2. The van der Waals surface area contributed by atoms with Gasteiger partial charge in [0.15, 0.2) is 0 Å². The molecule has 1 heterocycles. The molecular formula is C12H13ClO2. The van der Waals surface area contributed by atoms with Crippen LogP contribution < -0.4 is 4.74 Å². The molecule has 1 aliphatic heterocycles. The summed E-state index contributed by atoms with van der Waals surface area (Å²) in [6, 6.07) is 7.92. The van der Waals surface area contributed by atoms with Gasteiger partial charge >= 0.3 is 0 Å². The minimum Gasteiger partial charge on any atom is -0.461 e. The first-order valence-electron chi connectivity index (χ1n) is 4.97. The summed E-state index contributed by atoms with van der Waals surface area (Å²) in [7, 11) is 0. The lowest BCUT2D eigenvalue weighted by Crippen LogP contribution is -2.20. The van der Waals surface area contributed by atoms with Crippen LogP contribution in [0.2, 0.25) is 0 Å². The molecule has 15 heavy (non-hydrogen) atoms. The van der Waals surface area contributed by atoms with Crippen molar-refractivity contribution < 1.29 is 9.47 Å². The van der Waals surface area contributed by atoms with E-state index in [-0.39, 0.29) is 6.29 Å². The van der Waals surface area contributed by atoms with Crippen LogP contribution in [-0.4, -0.2) is 6.29 Å². The molecule has 0 fully saturated rings. The highest BCUT2D eigenvalue weighted by atomic mass is 35.5. The predicted molar refractivity (Wildman–Crippen MR) is 59.9 cm³/mol. The van der Waals surface area contributed by atoms with E-state index in [0.29, 0.717) is 0 Å². The SMILES string of the molecule is Cc1ccc(OC2CCC(Cl)=CO2)cc1. The van der Waals surface area contributed by atoms with Crippen LogP contribution in [0.3, 0.4) is 0 Å². The Morgan fingerprint density at radius 1 is 1.33 bits per heavy atom. The Morgan fingerprint density at radius 3 is 2.67 bits per heavy atom. The normalized spacial score (nSPS) is 20.4. The minimum atomic E-state index is -0.213. The zero-order chi connectivity index (χ0) is 10.7. The Labute approximate surface area is 94.5 Å². The Bertz CT molecular complexity index is 356. The molecule has 1 atom stereocenters. The van der Waals surface area contributed by atoms with Crippen molar-refractivity contribution in [3.63, 3.8) is 0 Å². The van der Waals surface area contributed by atoms with E-state index in [4.69, 9.17) is 21.1 Å². The Morgan fingerprint density at radius 2 is 2.07 bits per heavy atom. The number of benzene rings is 1. The molecule has 1 aromatic carbocycles. The summed E-state index contributed by atoms with van der Waals surface area (Å²) in [5.74, 6) is 0.831. The summed E-state index contributed by atoms with van der Waals surface area (Å²) in [6.45, 7) is 2.05. The molecule has 2 nitrogen and oxygen atoms in total. The molecule has 0 saturated heterocycles. The van der Waals surface area contributed by atoms with Crippen LogP contribution in [0, 0.1) is 6.92 Å². The lowest BCUT2D eigenvalue weighted by molar-refractivity contribution is -0.0424. The van der Waals surface area contributed by atoms with Crippen molar-refractivity contribution in [2.24, 2.45) is 0 Å². The van der Waals surface area contributed by atoms with Crippen LogP contribution in [0.4, 0.5) is 0 Å². The molecule has 1 aliphatic rings. The average molecular weight is 225 g/mol. The van der Waals surface area contributed by atoms with Gasteiger partial charge in [0.2, 0.25) is 6.29 Å². The first kappa shape index (κ1) is 10.4. The predicted octanol–water partition coefficient (Wildman–Crippen LogP) is 3.59. The maximum Gasteiger partial charge on any atom is 0.240 e. The summed E-state index contributed by atoms with van der Waals surface area (Å²) in [5, 5.41) is 0.749. The molecule has 1 aromatic rings. The van der Waals surface area contributed by atoms with Gasteiger partial charge in [0.25, 0.3) is 0 Å². The first-order valence-corrected chi connectivity index (χ1v) is 5.35. The maximum atomic E-state index is 5.79. The van der Waals surface area contributed by atoms with Crippen molar-refractivity contribution in [3.8, 4) is 5.75 Å². The topological polar surface area (TPSA) is 18.5 Å². The van der Waals surface area contributed by atoms with Crippen molar-refractivity contribution in [3.05, 3.63) is 41.1 Å². The molecule has 1 unspecified atom stereocenters. The third-order valence-electron chi connectivity index (χ3n) is 2.26. The molecule has 0 aliphatic carbocycles. The van der Waals surface area contributed by atoms with Crippen molar-refractivity contribution in [1.82, 2.24) is 0 Å².